The first-order valence-corrected chi connectivity index (χ1v) is 9.23. The molecule has 0 saturated heterocycles. The molecular formula is C20H13Cl2N3O5. The molecule has 152 valence electrons. The Hall–Kier alpha value is -3.49. The Morgan fingerprint density at radius 1 is 1.07 bits per heavy atom. The maximum Gasteiger partial charge on any atom is 0.342 e. The number of benzene rings is 2. The van der Waals surface area contributed by atoms with Gasteiger partial charge in [-0.1, -0.05) is 53.5 Å². The highest BCUT2D eigenvalue weighted by Crippen LogP contribution is 2.29. The van der Waals surface area contributed by atoms with Gasteiger partial charge in [0, 0.05) is 23.9 Å². The second kappa shape index (κ2) is 9.34. The standard InChI is InChI=1S/C20H13Cl2N3O5/c21-15-11-13(25(28)29)8-9-16(15)24-19(26)17(12-5-2-1-3-6-12)30-20(27)14-7-4-10-23-18(14)22/h1-11,17H,(H,24,26)/t17-/m0/s1. The Morgan fingerprint density at radius 3 is 2.43 bits per heavy atom. The number of non-ortho nitro benzene ring substituents is 1. The minimum atomic E-state index is -1.33. The van der Waals surface area contributed by atoms with E-state index in [4.69, 9.17) is 27.9 Å². The predicted octanol–water partition coefficient (Wildman–Crippen LogP) is 4.83. The number of amides is 1. The van der Waals surface area contributed by atoms with Crippen LogP contribution in [0.2, 0.25) is 10.2 Å². The predicted molar refractivity (Wildman–Crippen MR) is 111 cm³/mol. The monoisotopic (exact) mass is 445 g/mol. The lowest BCUT2D eigenvalue weighted by Gasteiger charge is -2.18. The van der Waals surface area contributed by atoms with Gasteiger partial charge in [0.05, 0.1) is 21.2 Å². The van der Waals surface area contributed by atoms with Gasteiger partial charge in [0.15, 0.2) is 0 Å². The van der Waals surface area contributed by atoms with Gasteiger partial charge in [-0.25, -0.2) is 9.78 Å². The summed E-state index contributed by atoms with van der Waals surface area (Å²) in [6.45, 7) is 0. The molecule has 8 nitrogen and oxygen atoms in total. The molecule has 1 atom stereocenters. The van der Waals surface area contributed by atoms with Crippen molar-refractivity contribution in [2.45, 2.75) is 6.10 Å². The van der Waals surface area contributed by atoms with Crippen molar-refractivity contribution in [2.24, 2.45) is 0 Å². The van der Waals surface area contributed by atoms with Crippen molar-refractivity contribution in [1.82, 2.24) is 4.98 Å². The summed E-state index contributed by atoms with van der Waals surface area (Å²) in [6, 6.07) is 14.8. The van der Waals surface area contributed by atoms with Crippen molar-refractivity contribution < 1.29 is 19.2 Å². The van der Waals surface area contributed by atoms with Crippen LogP contribution >= 0.6 is 23.2 Å². The Balaban J connectivity index is 1.87. The summed E-state index contributed by atoms with van der Waals surface area (Å²) in [5, 5.41) is 13.3. The summed E-state index contributed by atoms with van der Waals surface area (Å²) in [5.74, 6) is -1.54. The van der Waals surface area contributed by atoms with E-state index in [1.807, 2.05) is 0 Å². The zero-order valence-electron chi connectivity index (χ0n) is 15.1. The Morgan fingerprint density at radius 2 is 1.80 bits per heavy atom. The molecule has 1 amide bonds. The van der Waals surface area contributed by atoms with Crippen molar-refractivity contribution in [2.75, 3.05) is 5.32 Å². The highest BCUT2D eigenvalue weighted by molar-refractivity contribution is 6.34. The fourth-order valence-corrected chi connectivity index (χ4v) is 2.95. The van der Waals surface area contributed by atoms with E-state index in [1.165, 1.54) is 30.5 Å². The van der Waals surface area contributed by atoms with Crippen molar-refractivity contribution in [1.29, 1.82) is 0 Å². The number of carbonyl (C=O) groups is 2. The number of pyridine rings is 1. The minimum absolute atomic E-state index is 0.00117. The number of nitrogens with one attached hydrogen (secondary N) is 1. The number of aromatic nitrogens is 1. The van der Waals surface area contributed by atoms with E-state index < -0.39 is 22.9 Å². The number of rotatable bonds is 6. The number of nitro benzene ring substituents is 1. The van der Waals surface area contributed by atoms with E-state index in [0.717, 1.165) is 6.07 Å². The molecule has 0 aliphatic rings. The third kappa shape index (κ3) is 4.91. The molecule has 0 aliphatic carbocycles. The Labute approximate surface area is 180 Å². The number of esters is 1. The molecule has 1 N–H and O–H groups in total. The van der Waals surface area contributed by atoms with Gasteiger partial charge in [0.25, 0.3) is 11.6 Å². The normalized spacial score (nSPS) is 11.4. The average Bonchev–Trinajstić information content (AvgIpc) is 2.74. The smallest absolute Gasteiger partial charge is 0.342 e. The Kier molecular flexibility index (Phi) is 6.61. The molecule has 3 rings (SSSR count). The van der Waals surface area contributed by atoms with Crippen molar-refractivity contribution in [3.05, 3.63) is 98.3 Å². The molecule has 10 heteroatoms. The number of hydrogen-bond acceptors (Lipinski definition) is 6. The van der Waals surface area contributed by atoms with E-state index in [0.29, 0.717) is 5.56 Å². The van der Waals surface area contributed by atoms with Crippen molar-refractivity contribution in [3.63, 3.8) is 0 Å². The summed E-state index contributed by atoms with van der Waals surface area (Å²) in [4.78, 5) is 39.5. The van der Waals surface area contributed by atoms with Crippen LogP contribution in [0.3, 0.4) is 0 Å². The highest BCUT2D eigenvalue weighted by atomic mass is 35.5. The molecular weight excluding hydrogens is 433 g/mol. The topological polar surface area (TPSA) is 111 Å². The first-order valence-electron chi connectivity index (χ1n) is 8.48. The maximum absolute atomic E-state index is 12.9. The molecule has 0 unspecified atom stereocenters. The van der Waals surface area contributed by atoms with Crippen LogP contribution < -0.4 is 5.32 Å². The van der Waals surface area contributed by atoms with E-state index in [2.05, 4.69) is 10.3 Å². The van der Waals surface area contributed by atoms with Gasteiger partial charge < -0.3 is 10.1 Å². The third-order valence-corrected chi connectivity index (χ3v) is 4.58. The zero-order chi connectivity index (χ0) is 21.7. The molecule has 0 bridgehead atoms. The number of halogens is 2. The second-order valence-corrected chi connectivity index (χ2v) is 6.71. The SMILES string of the molecule is O=C(O[C@H](C(=O)Nc1ccc([N+](=O)[O-])cc1Cl)c1ccccc1)c1cccnc1Cl. The van der Waals surface area contributed by atoms with Gasteiger partial charge in [0.2, 0.25) is 6.10 Å². The van der Waals surface area contributed by atoms with Crippen molar-refractivity contribution in [3.8, 4) is 0 Å². The lowest BCUT2D eigenvalue weighted by Crippen LogP contribution is -2.26. The Bertz CT molecular complexity index is 1110. The third-order valence-electron chi connectivity index (χ3n) is 3.97. The lowest BCUT2D eigenvalue weighted by atomic mass is 10.1. The summed E-state index contributed by atoms with van der Waals surface area (Å²) in [6.07, 6.45) is 0.0816. The molecule has 2 aromatic carbocycles. The molecule has 0 spiro atoms. The van der Waals surface area contributed by atoms with Gasteiger partial charge >= 0.3 is 5.97 Å². The summed E-state index contributed by atoms with van der Waals surface area (Å²) >= 11 is 12.0. The first-order chi connectivity index (χ1) is 14.4. The molecule has 0 fully saturated rings. The molecule has 3 aromatic rings. The fraction of sp³-hybridized carbons (Fsp3) is 0.0500. The van der Waals surface area contributed by atoms with Gasteiger partial charge in [-0.05, 0) is 18.2 Å². The average molecular weight is 446 g/mol. The van der Waals surface area contributed by atoms with Gasteiger partial charge in [-0.2, -0.15) is 0 Å². The van der Waals surface area contributed by atoms with E-state index >= 15 is 0 Å². The van der Waals surface area contributed by atoms with Crippen LogP contribution in [0.25, 0.3) is 0 Å². The summed E-state index contributed by atoms with van der Waals surface area (Å²) < 4.78 is 5.41. The lowest BCUT2D eigenvalue weighted by molar-refractivity contribution is -0.384. The number of carbonyl (C=O) groups excluding carboxylic acids is 2. The van der Waals surface area contributed by atoms with Crippen LogP contribution in [0.15, 0.2) is 66.9 Å². The molecule has 0 saturated carbocycles. The fourth-order valence-electron chi connectivity index (χ4n) is 2.53. The van der Waals surface area contributed by atoms with E-state index in [-0.39, 0.29) is 27.1 Å². The highest BCUT2D eigenvalue weighted by Gasteiger charge is 2.27. The van der Waals surface area contributed by atoms with Crippen LogP contribution in [-0.2, 0) is 9.53 Å². The zero-order valence-corrected chi connectivity index (χ0v) is 16.6. The van der Waals surface area contributed by atoms with Crippen LogP contribution in [0.4, 0.5) is 11.4 Å². The van der Waals surface area contributed by atoms with Gasteiger partial charge in [0.1, 0.15) is 5.15 Å². The number of nitrogens with zero attached hydrogens (tertiary/aromatic N) is 2. The van der Waals surface area contributed by atoms with E-state index in [9.17, 15) is 19.7 Å². The second-order valence-electron chi connectivity index (χ2n) is 5.95. The molecule has 1 heterocycles. The number of ether oxygens (including phenoxy) is 1. The molecule has 0 aliphatic heterocycles. The van der Waals surface area contributed by atoms with Crippen molar-refractivity contribution >= 4 is 46.5 Å². The van der Waals surface area contributed by atoms with Crippen LogP contribution in [-0.4, -0.2) is 21.8 Å². The van der Waals surface area contributed by atoms with Crippen LogP contribution in [0, 0.1) is 10.1 Å². The van der Waals surface area contributed by atoms with Crippen LogP contribution in [0.5, 0.6) is 0 Å². The summed E-state index contributed by atoms with van der Waals surface area (Å²) in [5.41, 5.74) is 0.307. The number of nitro groups is 1. The first kappa shape index (κ1) is 21.2. The maximum atomic E-state index is 12.9. The number of anilines is 1. The van der Waals surface area contributed by atoms with Crippen LogP contribution in [0.1, 0.15) is 22.0 Å². The molecule has 0 radical (unpaired) electrons. The van der Waals surface area contributed by atoms with Gasteiger partial charge in [-0.3, -0.25) is 14.9 Å². The largest absolute Gasteiger partial charge is 0.444 e. The van der Waals surface area contributed by atoms with Gasteiger partial charge in [-0.15, -0.1) is 0 Å². The quantitative estimate of drug-likeness (QED) is 0.251. The molecule has 1 aromatic heterocycles. The summed E-state index contributed by atoms with van der Waals surface area (Å²) in [7, 11) is 0. The number of hydrogen-bond donors (Lipinski definition) is 1. The minimum Gasteiger partial charge on any atom is -0.444 e. The van der Waals surface area contributed by atoms with E-state index in [1.54, 1.807) is 30.3 Å². The molecule has 30 heavy (non-hydrogen) atoms.